The van der Waals surface area contributed by atoms with E-state index >= 15 is 0 Å². The number of hydrogen-bond donors (Lipinski definition) is 2. The number of aryl methyl sites for hydroxylation is 1. The molecule has 4 amide bonds. The Balaban J connectivity index is 0.811. The van der Waals surface area contributed by atoms with Crippen LogP contribution in [0.1, 0.15) is 73.0 Å². The van der Waals surface area contributed by atoms with Crippen LogP contribution in [-0.2, 0) is 4.79 Å². The number of likely N-dealkylation sites (tertiary alicyclic amines) is 1. The SMILES string of the molecule is COc1cc2nn(C3CCC(CN4CCC(n5cc(C)c6c(N7CCC(=O)NC7=O)cccc65)CC4)CC3)cc2cc1C(=O)Nc1cnc2cccnn12. The van der Waals surface area contributed by atoms with Gasteiger partial charge in [0.05, 0.1) is 41.6 Å². The van der Waals surface area contributed by atoms with Crippen molar-refractivity contribution in [1.29, 1.82) is 0 Å². The van der Waals surface area contributed by atoms with Gasteiger partial charge in [0.15, 0.2) is 11.5 Å². The van der Waals surface area contributed by atoms with E-state index < -0.39 is 0 Å². The van der Waals surface area contributed by atoms with Gasteiger partial charge in [0.25, 0.3) is 5.91 Å². The minimum absolute atomic E-state index is 0.219. The van der Waals surface area contributed by atoms with Gasteiger partial charge in [0.2, 0.25) is 5.91 Å². The van der Waals surface area contributed by atoms with Crippen LogP contribution in [0.4, 0.5) is 16.3 Å². The molecule has 0 spiro atoms. The molecular formula is C40H44N10O4. The van der Waals surface area contributed by atoms with Crippen molar-refractivity contribution in [2.45, 2.75) is 64.0 Å². The van der Waals surface area contributed by atoms with E-state index in [9.17, 15) is 14.4 Å². The summed E-state index contributed by atoms with van der Waals surface area (Å²) in [6.07, 6.45) is 14.5. The molecule has 6 aromatic rings. The maximum Gasteiger partial charge on any atom is 0.328 e. The Morgan fingerprint density at radius 1 is 0.981 bits per heavy atom. The van der Waals surface area contributed by atoms with Gasteiger partial charge in [-0.25, -0.2) is 9.78 Å². The number of nitrogens with one attached hydrogen (secondary N) is 2. The molecule has 2 saturated heterocycles. The number of benzene rings is 2. The number of rotatable bonds is 8. The second-order valence-electron chi connectivity index (χ2n) is 15.0. The van der Waals surface area contributed by atoms with Crippen molar-refractivity contribution in [2.24, 2.45) is 5.92 Å². The van der Waals surface area contributed by atoms with Crippen LogP contribution in [0.3, 0.4) is 0 Å². The first-order chi connectivity index (χ1) is 26.3. The van der Waals surface area contributed by atoms with Gasteiger partial charge in [-0.2, -0.15) is 14.7 Å². The highest BCUT2D eigenvalue weighted by Gasteiger charge is 2.30. The number of hydrogen-bond acceptors (Lipinski definition) is 8. The molecule has 4 aromatic heterocycles. The summed E-state index contributed by atoms with van der Waals surface area (Å²) in [6, 6.07) is 13.9. The van der Waals surface area contributed by atoms with Crippen LogP contribution in [0, 0.1) is 12.8 Å². The van der Waals surface area contributed by atoms with Gasteiger partial charge in [-0.15, -0.1) is 0 Å². The smallest absolute Gasteiger partial charge is 0.328 e. The number of amides is 4. The molecule has 2 aliphatic heterocycles. The first-order valence-electron chi connectivity index (χ1n) is 18.9. The summed E-state index contributed by atoms with van der Waals surface area (Å²) < 4.78 is 11.7. The summed E-state index contributed by atoms with van der Waals surface area (Å²) in [7, 11) is 1.57. The van der Waals surface area contributed by atoms with E-state index in [4.69, 9.17) is 9.84 Å². The Labute approximate surface area is 312 Å². The van der Waals surface area contributed by atoms with Crippen molar-refractivity contribution in [3.63, 3.8) is 0 Å². The van der Waals surface area contributed by atoms with Gasteiger partial charge in [-0.05, 0) is 87.3 Å². The Bertz CT molecular complexity index is 2400. The minimum atomic E-state index is -0.346. The van der Waals surface area contributed by atoms with Crippen LogP contribution < -0.4 is 20.3 Å². The second-order valence-corrected chi connectivity index (χ2v) is 15.0. The summed E-state index contributed by atoms with van der Waals surface area (Å²) in [4.78, 5) is 46.5. The average Bonchev–Trinajstić information content (AvgIpc) is 3.90. The first-order valence-corrected chi connectivity index (χ1v) is 18.9. The first kappa shape index (κ1) is 34.0. The van der Waals surface area contributed by atoms with Crippen molar-refractivity contribution in [3.05, 3.63) is 78.4 Å². The zero-order chi connectivity index (χ0) is 36.9. The lowest BCUT2D eigenvalue weighted by Gasteiger charge is -2.37. The van der Waals surface area contributed by atoms with Gasteiger partial charge >= 0.3 is 6.03 Å². The predicted molar refractivity (Wildman–Crippen MR) is 205 cm³/mol. The average molecular weight is 729 g/mol. The summed E-state index contributed by atoms with van der Waals surface area (Å²) in [5.41, 5.74) is 5.05. The van der Waals surface area contributed by atoms with E-state index in [2.05, 4.69) is 60.2 Å². The van der Waals surface area contributed by atoms with E-state index in [1.807, 2.05) is 30.3 Å². The number of nitrogens with zero attached hydrogens (tertiary/aromatic N) is 8. The van der Waals surface area contributed by atoms with Crippen molar-refractivity contribution in [2.75, 3.05) is 43.5 Å². The highest BCUT2D eigenvalue weighted by atomic mass is 16.5. The van der Waals surface area contributed by atoms with Crippen molar-refractivity contribution in [1.82, 2.24) is 39.2 Å². The number of ether oxygens (including phenoxy) is 1. The number of urea groups is 1. The molecule has 3 aliphatic rings. The molecule has 1 aliphatic carbocycles. The molecule has 0 radical (unpaired) electrons. The standard InChI is InChI=1S/C40H44N10O4/c1-25-22-48(33-6-3-5-32(38(25)33)47-18-14-37(51)44-40(47)53)28-12-16-46(17-13-28)23-26-8-10-29(11-9-26)49-24-27-19-30(34(54-2)20-31(27)45-49)39(52)43-36-21-41-35-7-4-15-42-50(35)36/h3-7,15,19-22,24,26,28-29H,8-14,16-18,23H2,1-2H3,(H,43,52)(H,44,51,53). The fourth-order valence-electron chi connectivity index (χ4n) is 8.85. The van der Waals surface area contributed by atoms with Crippen LogP contribution in [0.2, 0.25) is 0 Å². The number of anilines is 2. The highest BCUT2D eigenvalue weighted by molar-refractivity contribution is 6.10. The van der Waals surface area contributed by atoms with Crippen LogP contribution in [0.5, 0.6) is 5.75 Å². The molecule has 0 bridgehead atoms. The van der Waals surface area contributed by atoms with Gasteiger partial charge in [-0.1, -0.05) is 6.07 Å². The van der Waals surface area contributed by atoms with E-state index in [0.29, 0.717) is 53.7 Å². The summed E-state index contributed by atoms with van der Waals surface area (Å²) >= 11 is 0. The minimum Gasteiger partial charge on any atom is -0.496 e. The van der Waals surface area contributed by atoms with E-state index in [1.54, 1.807) is 35.0 Å². The number of carbonyl (C=O) groups is 3. The van der Waals surface area contributed by atoms with Crippen molar-refractivity contribution in [3.8, 4) is 5.75 Å². The highest BCUT2D eigenvalue weighted by Crippen LogP contribution is 2.38. The fraction of sp³-hybridized carbons (Fsp3) is 0.400. The lowest BCUT2D eigenvalue weighted by molar-refractivity contribution is -0.120. The molecule has 2 N–H and O–H groups in total. The summed E-state index contributed by atoms with van der Waals surface area (Å²) in [5.74, 6) is 1.09. The second kappa shape index (κ2) is 13.9. The molecule has 278 valence electrons. The largest absolute Gasteiger partial charge is 0.496 e. The number of imidazole rings is 1. The zero-order valence-corrected chi connectivity index (χ0v) is 30.6. The van der Waals surface area contributed by atoms with Gasteiger partial charge in [-0.3, -0.25) is 24.5 Å². The van der Waals surface area contributed by atoms with Crippen molar-refractivity contribution >= 4 is 56.8 Å². The molecule has 2 aromatic carbocycles. The summed E-state index contributed by atoms with van der Waals surface area (Å²) in [5, 5.41) is 16.6. The van der Waals surface area contributed by atoms with Crippen LogP contribution >= 0.6 is 0 Å². The van der Waals surface area contributed by atoms with Gasteiger partial charge in [0.1, 0.15) is 5.75 Å². The van der Waals surface area contributed by atoms with E-state index in [-0.39, 0.29) is 17.8 Å². The number of fused-ring (bicyclic) bond motifs is 3. The lowest BCUT2D eigenvalue weighted by atomic mass is 9.85. The third kappa shape index (κ3) is 6.23. The van der Waals surface area contributed by atoms with E-state index in [0.717, 1.165) is 91.2 Å². The van der Waals surface area contributed by atoms with E-state index in [1.165, 1.54) is 0 Å². The van der Waals surface area contributed by atoms with Gasteiger partial charge in [0, 0.05) is 74.1 Å². The number of aromatic nitrogens is 6. The Morgan fingerprint density at radius 3 is 2.61 bits per heavy atom. The maximum absolute atomic E-state index is 13.4. The lowest BCUT2D eigenvalue weighted by Crippen LogP contribution is -2.49. The normalized spacial score (nSPS) is 20.2. The topological polar surface area (TPSA) is 144 Å². The number of imide groups is 1. The third-order valence-electron chi connectivity index (χ3n) is 11.6. The molecule has 9 rings (SSSR count). The third-order valence-corrected chi connectivity index (χ3v) is 11.6. The number of carbonyl (C=O) groups excluding carboxylic acids is 3. The van der Waals surface area contributed by atoms with Crippen LogP contribution in [0.15, 0.2) is 67.3 Å². The van der Waals surface area contributed by atoms with Crippen LogP contribution in [0.25, 0.3) is 27.5 Å². The fourth-order valence-corrected chi connectivity index (χ4v) is 8.85. The molecule has 1 saturated carbocycles. The molecule has 6 heterocycles. The number of piperidine rings is 1. The van der Waals surface area contributed by atoms with Crippen molar-refractivity contribution < 1.29 is 19.1 Å². The van der Waals surface area contributed by atoms with Gasteiger partial charge < -0.3 is 19.5 Å². The Hall–Kier alpha value is -5.76. The zero-order valence-electron chi connectivity index (χ0n) is 30.6. The molecule has 14 nitrogen and oxygen atoms in total. The molecule has 14 heteroatoms. The Morgan fingerprint density at radius 2 is 1.81 bits per heavy atom. The molecule has 3 fully saturated rings. The maximum atomic E-state index is 13.4. The van der Waals surface area contributed by atoms with Crippen LogP contribution in [-0.4, -0.2) is 85.0 Å². The molecule has 0 unspecified atom stereocenters. The Kier molecular flexibility index (Phi) is 8.76. The molecule has 54 heavy (non-hydrogen) atoms. The summed E-state index contributed by atoms with van der Waals surface area (Å²) in [6.45, 7) is 5.76. The monoisotopic (exact) mass is 728 g/mol. The predicted octanol–water partition coefficient (Wildman–Crippen LogP) is 6.12. The molecular weight excluding hydrogens is 685 g/mol. The quantitative estimate of drug-likeness (QED) is 0.191. The number of methoxy groups -OCH3 is 1. The molecule has 0 atom stereocenters.